The van der Waals surface area contributed by atoms with Crippen LogP contribution in [-0.2, 0) is 4.74 Å². The molecule has 0 radical (unpaired) electrons. The minimum Gasteiger partial charge on any atom is -0.458 e. The maximum atomic E-state index is 12.7. The number of benzene rings is 1. The van der Waals surface area contributed by atoms with Crippen LogP contribution in [-0.4, -0.2) is 17.4 Å². The summed E-state index contributed by atoms with van der Waals surface area (Å²) in [5.74, 6) is 4.95. The van der Waals surface area contributed by atoms with Gasteiger partial charge in [-0.2, -0.15) is 0 Å². The van der Waals surface area contributed by atoms with Crippen molar-refractivity contribution < 1.29 is 9.53 Å². The van der Waals surface area contributed by atoms with E-state index in [2.05, 4.69) is 49.7 Å². The van der Waals surface area contributed by atoms with Crippen LogP contribution >= 0.6 is 15.9 Å². The number of fused-ring (bicyclic) bond motifs is 5. The largest absolute Gasteiger partial charge is 0.458 e. The number of alkyl halides is 1. The van der Waals surface area contributed by atoms with Gasteiger partial charge in [0.15, 0.2) is 0 Å². The highest BCUT2D eigenvalue weighted by atomic mass is 79.9. The zero-order valence-electron chi connectivity index (χ0n) is 23.7. The Bertz CT molecular complexity index is 971. The van der Waals surface area contributed by atoms with Gasteiger partial charge in [-0.1, -0.05) is 86.3 Å². The van der Waals surface area contributed by atoms with Crippen molar-refractivity contribution in [2.24, 2.45) is 46.3 Å². The minimum absolute atomic E-state index is 0.0291. The highest BCUT2D eigenvalue weighted by Crippen LogP contribution is 2.67. The molecule has 0 amide bonds. The first-order chi connectivity index (χ1) is 17.8. The molecule has 0 spiro atoms. The van der Waals surface area contributed by atoms with Gasteiger partial charge in [0, 0.05) is 11.8 Å². The maximum absolute atomic E-state index is 12.7. The number of halogens is 1. The topological polar surface area (TPSA) is 26.3 Å². The van der Waals surface area contributed by atoms with Crippen LogP contribution in [0.15, 0.2) is 42.0 Å². The van der Waals surface area contributed by atoms with Crippen molar-refractivity contribution in [2.75, 3.05) is 5.33 Å². The summed E-state index contributed by atoms with van der Waals surface area (Å²) in [6.45, 7) is 10.2. The fourth-order valence-corrected chi connectivity index (χ4v) is 9.89. The first-order valence-electron chi connectivity index (χ1n) is 15.3. The van der Waals surface area contributed by atoms with Gasteiger partial charge in [0.2, 0.25) is 0 Å². The molecule has 37 heavy (non-hydrogen) atoms. The highest BCUT2D eigenvalue weighted by Gasteiger charge is 2.59. The van der Waals surface area contributed by atoms with E-state index in [1.54, 1.807) is 5.57 Å². The third kappa shape index (κ3) is 5.24. The second kappa shape index (κ2) is 11.2. The normalized spacial score (nSPS) is 38.5. The number of esters is 1. The van der Waals surface area contributed by atoms with Crippen LogP contribution in [0.4, 0.5) is 0 Å². The summed E-state index contributed by atoms with van der Waals surface area (Å²) in [5.41, 5.74) is 3.10. The summed E-state index contributed by atoms with van der Waals surface area (Å²) in [6, 6.07) is 9.49. The zero-order valence-corrected chi connectivity index (χ0v) is 25.3. The molecule has 2 nitrogen and oxygen atoms in total. The van der Waals surface area contributed by atoms with Gasteiger partial charge in [0.05, 0.1) is 5.56 Å². The lowest BCUT2D eigenvalue weighted by atomic mass is 9.47. The van der Waals surface area contributed by atoms with E-state index < -0.39 is 0 Å². The average molecular weight is 570 g/mol. The van der Waals surface area contributed by atoms with E-state index in [1.165, 1.54) is 57.8 Å². The van der Waals surface area contributed by atoms with E-state index in [9.17, 15) is 4.79 Å². The molecule has 3 fully saturated rings. The molecule has 0 heterocycles. The third-order valence-electron chi connectivity index (χ3n) is 11.7. The van der Waals surface area contributed by atoms with Crippen LogP contribution in [0.1, 0.15) is 109 Å². The Morgan fingerprint density at radius 1 is 1.03 bits per heavy atom. The number of rotatable bonds is 8. The first kappa shape index (κ1) is 27.5. The second-order valence-electron chi connectivity index (χ2n) is 13.8. The van der Waals surface area contributed by atoms with Crippen LogP contribution in [0.2, 0.25) is 0 Å². The molecule has 3 saturated carbocycles. The summed E-state index contributed by atoms with van der Waals surface area (Å²) < 4.78 is 6.00. The van der Waals surface area contributed by atoms with E-state index in [4.69, 9.17) is 4.74 Å². The van der Waals surface area contributed by atoms with E-state index in [1.807, 2.05) is 30.3 Å². The Balaban J connectivity index is 1.24. The molecular formula is C34H49BrO2. The lowest BCUT2D eigenvalue weighted by Crippen LogP contribution is -2.51. The maximum Gasteiger partial charge on any atom is 0.338 e. The monoisotopic (exact) mass is 568 g/mol. The summed E-state index contributed by atoms with van der Waals surface area (Å²) in [5, 5.41) is 1.14. The molecule has 1 aromatic rings. The van der Waals surface area contributed by atoms with E-state index in [-0.39, 0.29) is 12.1 Å². The van der Waals surface area contributed by atoms with Gasteiger partial charge in [-0.25, -0.2) is 4.79 Å². The standard InChI is InChI=1S/C34H49BrO2/c1-23(22-35)9-8-10-24(2)29-15-16-30-28-14-13-26-21-27(37-32(36)25-11-6-5-7-12-25)17-19-33(26,3)31(28)18-20-34(29,30)4/h5-7,11-13,23-24,27-31H,8-10,14-22H2,1-4H3/t23?,24-,27+,28+,29-,30+,31+,33+,34-/m1/s1. The fraction of sp³-hybridized carbons (Fsp3) is 0.735. The van der Waals surface area contributed by atoms with Crippen molar-refractivity contribution in [2.45, 2.75) is 104 Å². The van der Waals surface area contributed by atoms with E-state index >= 15 is 0 Å². The number of carbonyl (C=O) groups excluding carboxylic acids is 1. The molecule has 4 aliphatic carbocycles. The lowest BCUT2D eigenvalue weighted by Gasteiger charge is -2.58. The minimum atomic E-state index is -0.162. The number of hydrogen-bond acceptors (Lipinski definition) is 2. The molecular weight excluding hydrogens is 520 g/mol. The Labute approximate surface area is 234 Å². The summed E-state index contributed by atoms with van der Waals surface area (Å²) in [6.07, 6.45) is 16.9. The Hall–Kier alpha value is -1.09. The van der Waals surface area contributed by atoms with Gasteiger partial charge in [-0.15, -0.1) is 0 Å². The van der Waals surface area contributed by atoms with Crippen molar-refractivity contribution in [3.8, 4) is 0 Å². The quantitative estimate of drug-likeness (QED) is 0.177. The molecule has 0 bridgehead atoms. The average Bonchev–Trinajstić information content (AvgIpc) is 3.26. The molecule has 0 aromatic heterocycles. The van der Waals surface area contributed by atoms with Gasteiger partial charge < -0.3 is 4.74 Å². The van der Waals surface area contributed by atoms with Gasteiger partial charge in [-0.05, 0) is 110 Å². The highest BCUT2D eigenvalue weighted by molar-refractivity contribution is 9.09. The molecule has 3 heteroatoms. The second-order valence-corrected chi connectivity index (χ2v) is 14.4. The Morgan fingerprint density at radius 2 is 1.81 bits per heavy atom. The summed E-state index contributed by atoms with van der Waals surface area (Å²) in [4.78, 5) is 12.7. The van der Waals surface area contributed by atoms with Gasteiger partial charge in [-0.3, -0.25) is 0 Å². The van der Waals surface area contributed by atoms with Crippen molar-refractivity contribution in [1.29, 1.82) is 0 Å². The van der Waals surface area contributed by atoms with Crippen molar-refractivity contribution in [3.05, 3.63) is 47.5 Å². The predicted molar refractivity (Wildman–Crippen MR) is 157 cm³/mol. The number of carbonyl (C=O) groups is 1. The zero-order chi connectivity index (χ0) is 26.2. The number of ether oxygens (including phenoxy) is 1. The van der Waals surface area contributed by atoms with Crippen molar-refractivity contribution >= 4 is 21.9 Å². The molecule has 0 aliphatic heterocycles. The first-order valence-corrected chi connectivity index (χ1v) is 16.4. The van der Waals surface area contributed by atoms with Gasteiger partial charge in [0.25, 0.3) is 0 Å². The SMILES string of the molecule is CC(CBr)CCC[C@@H](C)[C@H]1CC[C@H]2[C@@H]3CC=C4C[C@@H](OC(=O)c5ccccc5)CC[C@]4(C)[C@H]3CC[C@]12C. The molecule has 1 unspecified atom stereocenters. The van der Waals surface area contributed by atoms with E-state index in [0.717, 1.165) is 53.7 Å². The molecule has 4 aliphatic rings. The molecule has 1 aromatic carbocycles. The van der Waals surface area contributed by atoms with Crippen LogP contribution in [0, 0.1) is 46.3 Å². The van der Waals surface area contributed by atoms with Crippen LogP contribution in [0.5, 0.6) is 0 Å². The van der Waals surface area contributed by atoms with Crippen LogP contribution in [0.25, 0.3) is 0 Å². The molecule has 204 valence electrons. The van der Waals surface area contributed by atoms with Gasteiger partial charge >= 0.3 is 5.97 Å². The molecule has 5 rings (SSSR count). The molecule has 9 atom stereocenters. The smallest absolute Gasteiger partial charge is 0.338 e. The summed E-state index contributed by atoms with van der Waals surface area (Å²) >= 11 is 3.66. The molecule has 0 saturated heterocycles. The third-order valence-corrected chi connectivity index (χ3v) is 12.8. The van der Waals surface area contributed by atoms with Crippen LogP contribution < -0.4 is 0 Å². The Morgan fingerprint density at radius 3 is 2.57 bits per heavy atom. The van der Waals surface area contributed by atoms with Crippen LogP contribution in [0.3, 0.4) is 0 Å². The fourth-order valence-electron chi connectivity index (χ4n) is 9.56. The Kier molecular flexibility index (Phi) is 8.31. The van der Waals surface area contributed by atoms with Gasteiger partial charge in [0.1, 0.15) is 6.10 Å². The van der Waals surface area contributed by atoms with Crippen molar-refractivity contribution in [3.63, 3.8) is 0 Å². The predicted octanol–water partition coefficient (Wildman–Crippen LogP) is 9.63. The molecule has 0 N–H and O–H groups in total. The summed E-state index contributed by atoms with van der Waals surface area (Å²) in [7, 11) is 0. The number of hydrogen-bond donors (Lipinski definition) is 0. The number of allylic oxidation sites excluding steroid dienone is 1. The van der Waals surface area contributed by atoms with E-state index in [0.29, 0.717) is 16.4 Å². The van der Waals surface area contributed by atoms with Crippen molar-refractivity contribution in [1.82, 2.24) is 0 Å². The lowest BCUT2D eigenvalue weighted by molar-refractivity contribution is -0.0594.